The molecule has 1 saturated carbocycles. The van der Waals surface area contributed by atoms with Gasteiger partial charge < -0.3 is 14.2 Å². The number of para-hydroxylation sites is 1. The molecule has 4 aromatic rings. The molecule has 1 aromatic heterocycles. The second-order valence-corrected chi connectivity index (χ2v) is 10.5. The van der Waals surface area contributed by atoms with Gasteiger partial charge >= 0.3 is 0 Å². The molecule has 3 aliphatic rings. The molecule has 0 spiro atoms. The van der Waals surface area contributed by atoms with Gasteiger partial charge in [-0.3, -0.25) is 9.79 Å². The van der Waals surface area contributed by atoms with Gasteiger partial charge in [-0.2, -0.15) is 0 Å². The minimum absolute atomic E-state index is 0.282. The highest BCUT2D eigenvalue weighted by Crippen LogP contribution is 2.36. The number of rotatable bonds is 6. The average molecular weight is 491 g/mol. The maximum absolute atomic E-state index is 12.6. The number of hydrogen-bond donors (Lipinski definition) is 0. The van der Waals surface area contributed by atoms with Crippen LogP contribution in [0.15, 0.2) is 65.7 Å². The zero-order chi connectivity index (χ0) is 24.9. The lowest BCUT2D eigenvalue weighted by molar-refractivity contribution is -0.131. The minimum Gasteiger partial charge on any atom is -0.494 e. The molecule has 3 heterocycles. The summed E-state index contributed by atoms with van der Waals surface area (Å²) in [6.45, 7) is 3.29. The predicted molar refractivity (Wildman–Crippen MR) is 146 cm³/mol. The van der Waals surface area contributed by atoms with Crippen LogP contribution in [0.25, 0.3) is 33.5 Å². The Labute approximate surface area is 216 Å². The lowest BCUT2D eigenvalue weighted by atomic mass is 9.99. The Kier molecular flexibility index (Phi) is 5.34. The third kappa shape index (κ3) is 4.01. The lowest BCUT2D eigenvalue weighted by Crippen LogP contribution is -2.30. The fraction of sp³-hybridized carbons (Fsp3) is 0.323. The number of imidazole rings is 1. The van der Waals surface area contributed by atoms with E-state index in [-0.39, 0.29) is 5.92 Å². The topological polar surface area (TPSA) is 59.7 Å². The highest BCUT2D eigenvalue weighted by molar-refractivity contribution is 5.87. The van der Waals surface area contributed by atoms with Crippen molar-refractivity contribution in [1.82, 2.24) is 14.5 Å². The summed E-state index contributed by atoms with van der Waals surface area (Å²) >= 11 is 0. The molecular formula is C31H30N4O2. The minimum atomic E-state index is 0.282. The van der Waals surface area contributed by atoms with Crippen LogP contribution in [-0.2, 0) is 17.9 Å². The Balaban J connectivity index is 1.22. The Morgan fingerprint density at radius 1 is 1.00 bits per heavy atom. The number of likely N-dealkylation sites (tertiary alicyclic amines) is 1. The number of aromatic nitrogens is 2. The zero-order valence-corrected chi connectivity index (χ0v) is 21.1. The van der Waals surface area contributed by atoms with E-state index in [4.69, 9.17) is 9.72 Å². The van der Waals surface area contributed by atoms with Crippen molar-refractivity contribution >= 4 is 23.2 Å². The number of hydrogen-bond acceptors (Lipinski definition) is 4. The van der Waals surface area contributed by atoms with Gasteiger partial charge in [-0.15, -0.1) is 0 Å². The first kappa shape index (κ1) is 22.3. The van der Waals surface area contributed by atoms with Gasteiger partial charge in [-0.1, -0.05) is 42.5 Å². The number of ether oxygens (including phenoxy) is 1. The van der Waals surface area contributed by atoms with E-state index in [1.165, 1.54) is 22.3 Å². The van der Waals surface area contributed by atoms with Crippen molar-refractivity contribution in [2.75, 3.05) is 20.2 Å². The molecule has 0 bridgehead atoms. The summed E-state index contributed by atoms with van der Waals surface area (Å²) in [5.74, 6) is 2.78. The predicted octanol–water partition coefficient (Wildman–Crippen LogP) is 5.57. The first-order valence-corrected chi connectivity index (χ1v) is 13.2. The second-order valence-electron chi connectivity index (χ2n) is 10.5. The van der Waals surface area contributed by atoms with E-state index >= 15 is 0 Å². The quantitative estimate of drug-likeness (QED) is 0.355. The molecule has 0 unspecified atom stereocenters. The van der Waals surface area contributed by atoms with Gasteiger partial charge in [0.25, 0.3) is 0 Å². The molecule has 2 aliphatic heterocycles. The van der Waals surface area contributed by atoms with Crippen LogP contribution in [0, 0.1) is 11.8 Å². The van der Waals surface area contributed by atoms with Crippen LogP contribution in [0.2, 0.25) is 0 Å². The Bertz CT molecular complexity index is 1530. The number of carbonyl (C=O) groups excluding carboxylic acids is 1. The standard InChI is InChI=1S/C31H30N4O2/c1-37-28-4-2-3-27-29(28)33-30(35(27)19-20-13-14-34(18-20)31(36)23-9-10-23)22-7-5-21(6-8-22)24-11-12-25-16-32-17-26(25)15-24/h2-8,11-12,15-16,20,23H,9-10,13-14,17-19H2,1H3/t20-/m1/s1. The van der Waals surface area contributed by atoms with Crippen molar-refractivity contribution in [3.8, 4) is 28.3 Å². The van der Waals surface area contributed by atoms with E-state index in [2.05, 4.69) is 63.0 Å². The van der Waals surface area contributed by atoms with Crippen LogP contribution in [0.3, 0.4) is 0 Å². The van der Waals surface area contributed by atoms with Gasteiger partial charge in [-0.25, -0.2) is 4.98 Å². The monoisotopic (exact) mass is 490 g/mol. The first-order chi connectivity index (χ1) is 18.2. The Morgan fingerprint density at radius 3 is 2.62 bits per heavy atom. The molecule has 37 heavy (non-hydrogen) atoms. The van der Waals surface area contributed by atoms with Crippen LogP contribution in [0.1, 0.15) is 30.4 Å². The van der Waals surface area contributed by atoms with E-state index < -0.39 is 0 Å². The number of carbonyl (C=O) groups is 1. The Hall–Kier alpha value is -3.93. The summed E-state index contributed by atoms with van der Waals surface area (Å²) in [4.78, 5) is 24.2. The van der Waals surface area contributed by atoms with Gasteiger partial charge in [0.15, 0.2) is 0 Å². The van der Waals surface area contributed by atoms with E-state index in [0.717, 1.165) is 73.6 Å². The van der Waals surface area contributed by atoms with Crippen molar-refractivity contribution in [2.45, 2.75) is 32.4 Å². The van der Waals surface area contributed by atoms with E-state index in [9.17, 15) is 4.79 Å². The fourth-order valence-corrected chi connectivity index (χ4v) is 5.82. The molecule has 6 heteroatoms. The molecule has 1 atom stereocenters. The molecule has 7 rings (SSSR count). The van der Waals surface area contributed by atoms with Gasteiger partial charge in [-0.05, 0) is 65.6 Å². The van der Waals surface area contributed by atoms with Crippen LogP contribution in [0.5, 0.6) is 5.75 Å². The number of benzene rings is 3. The van der Waals surface area contributed by atoms with Gasteiger partial charge in [0.2, 0.25) is 5.91 Å². The molecule has 186 valence electrons. The molecule has 6 nitrogen and oxygen atoms in total. The molecule has 1 amide bonds. The Morgan fingerprint density at radius 2 is 1.81 bits per heavy atom. The number of nitrogens with zero attached hydrogens (tertiary/aromatic N) is 4. The summed E-state index contributed by atoms with van der Waals surface area (Å²) < 4.78 is 7.99. The van der Waals surface area contributed by atoms with E-state index in [1.54, 1.807) is 7.11 Å². The number of aliphatic imine (C=N–C) groups is 1. The molecule has 3 aromatic carbocycles. The maximum atomic E-state index is 12.6. The highest BCUT2D eigenvalue weighted by Gasteiger charge is 2.37. The van der Waals surface area contributed by atoms with Crippen molar-refractivity contribution in [3.05, 3.63) is 71.8 Å². The van der Waals surface area contributed by atoms with Crippen molar-refractivity contribution in [3.63, 3.8) is 0 Å². The van der Waals surface area contributed by atoms with Crippen molar-refractivity contribution in [1.29, 1.82) is 0 Å². The smallest absolute Gasteiger partial charge is 0.225 e. The van der Waals surface area contributed by atoms with Crippen LogP contribution >= 0.6 is 0 Å². The number of amides is 1. The molecule has 1 saturated heterocycles. The fourth-order valence-electron chi connectivity index (χ4n) is 5.82. The van der Waals surface area contributed by atoms with Gasteiger partial charge in [0.05, 0.1) is 19.2 Å². The summed E-state index contributed by atoms with van der Waals surface area (Å²) in [5.41, 5.74) is 7.92. The third-order valence-electron chi connectivity index (χ3n) is 8.04. The number of fused-ring (bicyclic) bond motifs is 2. The van der Waals surface area contributed by atoms with Gasteiger partial charge in [0.1, 0.15) is 17.1 Å². The largest absolute Gasteiger partial charge is 0.494 e. The summed E-state index contributed by atoms with van der Waals surface area (Å²) in [6.07, 6.45) is 5.10. The van der Waals surface area contributed by atoms with E-state index in [1.807, 2.05) is 18.3 Å². The van der Waals surface area contributed by atoms with Crippen LogP contribution < -0.4 is 4.74 Å². The average Bonchev–Trinajstić information content (AvgIpc) is 3.32. The van der Waals surface area contributed by atoms with Crippen LogP contribution in [-0.4, -0.2) is 46.8 Å². The molecule has 2 fully saturated rings. The normalized spacial score (nSPS) is 18.5. The van der Waals surface area contributed by atoms with Gasteiger partial charge in [0, 0.05) is 37.3 Å². The molecular weight excluding hydrogens is 460 g/mol. The zero-order valence-electron chi connectivity index (χ0n) is 21.1. The highest BCUT2D eigenvalue weighted by atomic mass is 16.5. The van der Waals surface area contributed by atoms with Crippen molar-refractivity contribution in [2.24, 2.45) is 16.8 Å². The molecule has 0 radical (unpaired) electrons. The first-order valence-electron chi connectivity index (χ1n) is 13.2. The molecule has 0 N–H and O–H groups in total. The summed E-state index contributed by atoms with van der Waals surface area (Å²) in [7, 11) is 1.70. The summed E-state index contributed by atoms with van der Waals surface area (Å²) in [5, 5.41) is 0. The lowest BCUT2D eigenvalue weighted by Gasteiger charge is -2.18. The number of methoxy groups -OCH3 is 1. The summed E-state index contributed by atoms with van der Waals surface area (Å²) in [6, 6.07) is 21.4. The van der Waals surface area contributed by atoms with Crippen molar-refractivity contribution < 1.29 is 9.53 Å². The molecule has 1 aliphatic carbocycles. The SMILES string of the molecule is COc1cccc2c1nc(-c1ccc(-c3ccc4c(c3)CN=C4)cc1)n2C[C@@H]1CCN(C(=O)C2CC2)C1. The maximum Gasteiger partial charge on any atom is 0.225 e. The second kappa shape index (κ2) is 8.87. The van der Waals surface area contributed by atoms with Crippen LogP contribution in [0.4, 0.5) is 0 Å². The van der Waals surface area contributed by atoms with E-state index in [0.29, 0.717) is 11.8 Å². The third-order valence-corrected chi connectivity index (χ3v) is 8.04.